The van der Waals surface area contributed by atoms with Crippen molar-refractivity contribution in [2.75, 3.05) is 0 Å². The second kappa shape index (κ2) is 3.51. The highest BCUT2D eigenvalue weighted by Crippen LogP contribution is 2.18. The van der Waals surface area contributed by atoms with Crippen LogP contribution in [0.1, 0.15) is 0 Å². The van der Waals surface area contributed by atoms with Gasteiger partial charge in [0.2, 0.25) is 0 Å². The van der Waals surface area contributed by atoms with E-state index in [4.69, 9.17) is 33.2 Å². The van der Waals surface area contributed by atoms with Gasteiger partial charge in [0.1, 0.15) is 8.07 Å². The first kappa shape index (κ1) is 10.9. The van der Waals surface area contributed by atoms with Crippen LogP contribution in [0.2, 0.25) is 19.6 Å². The molecule has 0 nitrogen and oxygen atoms in total. The molecule has 0 saturated heterocycles. The lowest BCUT2D eigenvalue weighted by atomic mass is 11.4. The molecule has 5 heteroatoms. The monoisotopic (exact) mass is 230 g/mol. The second-order valence-electron chi connectivity index (χ2n) is 3.00. The number of rotatable bonds is 0. The van der Waals surface area contributed by atoms with Crippen LogP contribution in [0.4, 0.5) is 0 Å². The van der Waals surface area contributed by atoms with Crippen LogP contribution in [-0.4, -0.2) is 14.1 Å². The zero-order chi connectivity index (χ0) is 8.41. The highest BCUT2D eigenvalue weighted by molar-refractivity contribution is 7.68. The zero-order valence-electron chi connectivity index (χ0n) is 6.13. The van der Waals surface area contributed by atoms with E-state index in [0.29, 0.717) is 0 Å². The fraction of sp³-hybridized carbons (Fsp3) is 0.600. The third kappa shape index (κ3) is 8.86. The van der Waals surface area contributed by atoms with E-state index >= 15 is 0 Å². The smallest absolute Gasteiger partial charge is 0.135 e. The normalized spacial score (nSPS) is 12.2. The average molecular weight is 232 g/mol. The predicted molar refractivity (Wildman–Crippen MR) is 54.4 cm³/mol. The number of hydrogen-bond acceptors (Lipinski definition) is 0. The van der Waals surface area contributed by atoms with Gasteiger partial charge >= 0.3 is 6.00 Å². The summed E-state index contributed by atoms with van der Waals surface area (Å²) in [6.07, 6.45) is 0. The van der Waals surface area contributed by atoms with E-state index in [0.717, 1.165) is 0 Å². The van der Waals surface area contributed by atoms with Crippen molar-refractivity contribution in [3.8, 4) is 11.1 Å². The van der Waals surface area contributed by atoms with E-state index in [-0.39, 0.29) is 0 Å². The Morgan fingerprint density at radius 2 is 1.30 bits per heavy atom. The summed E-state index contributed by atoms with van der Waals surface area (Å²) in [6.45, 7) is 6.35. The molecule has 0 aromatic rings. The second-order valence-corrected chi connectivity index (χ2v) is 15.8. The van der Waals surface area contributed by atoms with Crippen LogP contribution in [0.5, 0.6) is 0 Å². The Labute approximate surface area is 78.0 Å². The first-order valence-electron chi connectivity index (χ1n) is 2.82. The van der Waals surface area contributed by atoms with Crippen molar-refractivity contribution >= 4 is 47.3 Å². The molecule has 0 bridgehead atoms. The molecule has 0 atom stereocenters. The molecule has 0 rings (SSSR count). The minimum atomic E-state index is -2.68. The minimum Gasteiger partial charge on any atom is -0.135 e. The van der Waals surface area contributed by atoms with Gasteiger partial charge in [-0.1, -0.05) is 25.2 Å². The molecule has 58 valence electrons. The molecule has 0 aliphatic rings. The lowest BCUT2D eigenvalue weighted by molar-refractivity contribution is 1.82. The molecule has 0 saturated carbocycles. The summed E-state index contributed by atoms with van der Waals surface area (Å²) in [6, 6.07) is -2.68. The van der Waals surface area contributed by atoms with Gasteiger partial charge in [-0.25, -0.2) is 0 Å². The van der Waals surface area contributed by atoms with E-state index in [1.54, 1.807) is 0 Å². The highest BCUT2D eigenvalue weighted by atomic mass is 35.8. The maximum atomic E-state index is 5.56. The van der Waals surface area contributed by atoms with Crippen molar-refractivity contribution in [1.82, 2.24) is 0 Å². The summed E-state index contributed by atoms with van der Waals surface area (Å²) >= 11 is 16.7. The van der Waals surface area contributed by atoms with Gasteiger partial charge < -0.3 is 0 Å². The van der Waals surface area contributed by atoms with Crippen LogP contribution >= 0.6 is 33.2 Å². The fourth-order valence-corrected chi connectivity index (χ4v) is 3.60. The Morgan fingerprint density at radius 3 is 1.40 bits per heavy atom. The highest BCUT2D eigenvalue weighted by Gasteiger charge is 2.22. The summed E-state index contributed by atoms with van der Waals surface area (Å²) in [5.74, 6) is 0. The van der Waals surface area contributed by atoms with Crippen LogP contribution in [0, 0.1) is 11.1 Å². The lowest BCUT2D eigenvalue weighted by Crippen LogP contribution is -2.18. The van der Waals surface area contributed by atoms with Gasteiger partial charge in [0.05, 0.1) is 0 Å². The molecule has 0 amide bonds. The molecule has 0 aliphatic carbocycles. The molecule has 0 aromatic carbocycles. The van der Waals surface area contributed by atoms with Crippen molar-refractivity contribution in [3.63, 3.8) is 0 Å². The third-order valence-corrected chi connectivity index (χ3v) is 2.96. The van der Waals surface area contributed by atoms with Crippen molar-refractivity contribution in [2.45, 2.75) is 19.6 Å². The Balaban J connectivity index is 4.19. The largest absolute Gasteiger partial charge is 0.421 e. The Kier molecular flexibility index (Phi) is 3.81. The summed E-state index contributed by atoms with van der Waals surface area (Å²) in [7, 11) is -1.35. The molecular formula is C5H9Cl3Si2. The Bertz CT molecular complexity index is 148. The molecule has 0 aliphatic heterocycles. The van der Waals surface area contributed by atoms with Gasteiger partial charge in [-0.15, -0.1) is 38.8 Å². The quantitative estimate of drug-likeness (QED) is 0.342. The van der Waals surface area contributed by atoms with E-state index in [1.807, 2.05) is 0 Å². The molecule has 0 radical (unpaired) electrons. The predicted octanol–water partition coefficient (Wildman–Crippen LogP) is 3.06. The summed E-state index contributed by atoms with van der Waals surface area (Å²) < 4.78 is 0. The molecule has 0 heterocycles. The van der Waals surface area contributed by atoms with E-state index in [1.165, 1.54) is 0 Å². The van der Waals surface area contributed by atoms with Crippen molar-refractivity contribution in [3.05, 3.63) is 0 Å². The van der Waals surface area contributed by atoms with Crippen molar-refractivity contribution < 1.29 is 0 Å². The first-order valence-corrected chi connectivity index (χ1v) is 11.4. The van der Waals surface area contributed by atoms with Crippen molar-refractivity contribution in [1.29, 1.82) is 0 Å². The Morgan fingerprint density at radius 1 is 0.900 bits per heavy atom. The maximum absolute atomic E-state index is 5.56. The van der Waals surface area contributed by atoms with E-state index in [2.05, 4.69) is 30.7 Å². The standard InChI is InChI=1S/C5H9Cl3Si2/c1-9(2,3)4-5-10(6,7)8/h1-3H3. The van der Waals surface area contributed by atoms with Crippen LogP contribution in [-0.2, 0) is 0 Å². The fourth-order valence-electron chi connectivity index (χ4n) is 0.258. The number of hydrogen-bond donors (Lipinski definition) is 0. The molecule has 0 N–H and O–H groups in total. The minimum absolute atomic E-state index is 1.35. The SMILES string of the molecule is C[Si](C)(C)C#C[Si](Cl)(Cl)Cl. The summed E-state index contributed by atoms with van der Waals surface area (Å²) in [5.41, 5.74) is 5.73. The molecular weight excluding hydrogens is 223 g/mol. The average Bonchev–Trinajstić information content (AvgIpc) is 1.57. The van der Waals surface area contributed by atoms with E-state index in [9.17, 15) is 0 Å². The molecule has 0 spiro atoms. The topological polar surface area (TPSA) is 0 Å². The first-order chi connectivity index (χ1) is 4.21. The molecule has 0 fully saturated rings. The van der Waals surface area contributed by atoms with Gasteiger partial charge in [-0.2, -0.15) is 0 Å². The molecule has 0 aromatic heterocycles. The van der Waals surface area contributed by atoms with Crippen LogP contribution in [0.25, 0.3) is 0 Å². The van der Waals surface area contributed by atoms with Gasteiger partial charge in [0, 0.05) is 0 Å². The summed E-state index contributed by atoms with van der Waals surface area (Å²) in [4.78, 5) is 0. The zero-order valence-corrected chi connectivity index (χ0v) is 10.4. The van der Waals surface area contributed by atoms with Gasteiger partial charge in [-0.05, 0) is 0 Å². The number of halogens is 3. The van der Waals surface area contributed by atoms with Gasteiger partial charge in [0.15, 0.2) is 0 Å². The van der Waals surface area contributed by atoms with Crippen LogP contribution in [0.3, 0.4) is 0 Å². The summed E-state index contributed by atoms with van der Waals surface area (Å²) in [5, 5.41) is 0. The van der Waals surface area contributed by atoms with Crippen LogP contribution < -0.4 is 0 Å². The third-order valence-electron chi connectivity index (χ3n) is 0.579. The Hall–Kier alpha value is 0.864. The van der Waals surface area contributed by atoms with Crippen LogP contribution in [0.15, 0.2) is 0 Å². The molecule has 0 unspecified atom stereocenters. The lowest BCUT2D eigenvalue weighted by Gasteiger charge is -2.04. The van der Waals surface area contributed by atoms with E-state index < -0.39 is 14.1 Å². The van der Waals surface area contributed by atoms with Gasteiger partial charge in [-0.3, -0.25) is 0 Å². The van der Waals surface area contributed by atoms with Crippen molar-refractivity contribution in [2.24, 2.45) is 0 Å². The molecule has 10 heavy (non-hydrogen) atoms. The maximum Gasteiger partial charge on any atom is 0.421 e. The van der Waals surface area contributed by atoms with Gasteiger partial charge in [0.25, 0.3) is 0 Å².